The molecule has 1 aliphatic carbocycles. The number of carbonyl (C=O) groups is 1. The van der Waals surface area contributed by atoms with Gasteiger partial charge < -0.3 is 0 Å². The SMILES string of the molecule is C[C@]1(C(=O)c2ccccc2)C=CC(C#N)=CC1. The van der Waals surface area contributed by atoms with Gasteiger partial charge in [0, 0.05) is 11.1 Å². The normalized spacial score (nSPS) is 22.7. The van der Waals surface area contributed by atoms with Crippen LogP contribution in [0.3, 0.4) is 0 Å². The van der Waals surface area contributed by atoms with E-state index in [1.165, 1.54) is 0 Å². The van der Waals surface area contributed by atoms with Gasteiger partial charge in [0.2, 0.25) is 0 Å². The van der Waals surface area contributed by atoms with Crippen molar-refractivity contribution < 1.29 is 4.79 Å². The molecule has 0 unspecified atom stereocenters. The Bertz CT molecular complexity index is 534. The molecule has 0 aliphatic heterocycles. The largest absolute Gasteiger partial charge is 0.293 e. The van der Waals surface area contributed by atoms with Crippen LogP contribution >= 0.6 is 0 Å². The summed E-state index contributed by atoms with van der Waals surface area (Å²) in [5.74, 6) is 0.0996. The van der Waals surface area contributed by atoms with Crippen molar-refractivity contribution in [2.45, 2.75) is 13.3 Å². The number of hydrogen-bond acceptors (Lipinski definition) is 2. The van der Waals surface area contributed by atoms with E-state index >= 15 is 0 Å². The topological polar surface area (TPSA) is 40.9 Å². The molecular weight excluding hydrogens is 210 g/mol. The maximum atomic E-state index is 12.4. The Morgan fingerprint density at radius 1 is 1.35 bits per heavy atom. The molecule has 0 saturated heterocycles. The van der Waals surface area contributed by atoms with E-state index in [9.17, 15) is 4.79 Å². The van der Waals surface area contributed by atoms with Gasteiger partial charge in [-0.25, -0.2) is 0 Å². The number of nitrogens with zero attached hydrogens (tertiary/aromatic N) is 1. The summed E-state index contributed by atoms with van der Waals surface area (Å²) in [6.07, 6.45) is 5.96. The molecule has 1 aromatic rings. The van der Waals surface area contributed by atoms with Gasteiger partial charge in [0.05, 0.1) is 11.5 Å². The molecule has 17 heavy (non-hydrogen) atoms. The molecule has 1 aromatic carbocycles. The second kappa shape index (κ2) is 4.39. The van der Waals surface area contributed by atoms with Crippen LogP contribution in [-0.4, -0.2) is 5.78 Å². The first kappa shape index (κ1) is 11.3. The fraction of sp³-hybridized carbons (Fsp3) is 0.200. The summed E-state index contributed by atoms with van der Waals surface area (Å²) in [5.41, 5.74) is 0.818. The number of allylic oxidation sites excluding steroid dienone is 4. The first-order valence-electron chi connectivity index (χ1n) is 5.55. The zero-order valence-electron chi connectivity index (χ0n) is 9.68. The number of Topliss-reactive ketones (excluding diaryl/α,β-unsaturated/α-hetero) is 1. The van der Waals surface area contributed by atoms with Gasteiger partial charge in [-0.2, -0.15) is 5.26 Å². The van der Waals surface area contributed by atoms with Gasteiger partial charge in [-0.1, -0.05) is 42.5 Å². The van der Waals surface area contributed by atoms with Crippen LogP contribution in [0.4, 0.5) is 0 Å². The lowest BCUT2D eigenvalue weighted by molar-refractivity contribution is 0.0870. The van der Waals surface area contributed by atoms with E-state index in [1.54, 1.807) is 6.08 Å². The van der Waals surface area contributed by atoms with Crippen LogP contribution in [0.2, 0.25) is 0 Å². The van der Waals surface area contributed by atoms with Crippen LogP contribution < -0.4 is 0 Å². The summed E-state index contributed by atoms with van der Waals surface area (Å²) < 4.78 is 0. The van der Waals surface area contributed by atoms with E-state index in [0.29, 0.717) is 17.6 Å². The summed E-state index contributed by atoms with van der Waals surface area (Å²) in [4.78, 5) is 12.4. The smallest absolute Gasteiger partial charge is 0.172 e. The van der Waals surface area contributed by atoms with E-state index in [-0.39, 0.29) is 5.78 Å². The van der Waals surface area contributed by atoms with Crippen molar-refractivity contribution in [3.63, 3.8) is 0 Å². The highest BCUT2D eigenvalue weighted by atomic mass is 16.1. The van der Waals surface area contributed by atoms with Gasteiger partial charge in [0.25, 0.3) is 0 Å². The Balaban J connectivity index is 2.26. The molecule has 2 heteroatoms. The van der Waals surface area contributed by atoms with Crippen LogP contribution in [0.5, 0.6) is 0 Å². The van der Waals surface area contributed by atoms with Gasteiger partial charge in [-0.3, -0.25) is 4.79 Å². The van der Waals surface area contributed by atoms with Crippen LogP contribution in [0.1, 0.15) is 23.7 Å². The van der Waals surface area contributed by atoms with E-state index in [0.717, 1.165) is 0 Å². The average molecular weight is 223 g/mol. The van der Waals surface area contributed by atoms with Crippen LogP contribution in [0.15, 0.2) is 54.1 Å². The molecule has 0 amide bonds. The van der Waals surface area contributed by atoms with Crippen molar-refractivity contribution in [2.24, 2.45) is 5.41 Å². The van der Waals surface area contributed by atoms with Crippen LogP contribution in [0, 0.1) is 16.7 Å². The Kier molecular flexibility index (Phi) is 2.93. The number of benzene rings is 1. The molecule has 0 saturated carbocycles. The van der Waals surface area contributed by atoms with Crippen molar-refractivity contribution in [2.75, 3.05) is 0 Å². The lowest BCUT2D eigenvalue weighted by atomic mass is 9.76. The number of ketones is 1. The minimum atomic E-state index is -0.526. The molecule has 0 heterocycles. The summed E-state index contributed by atoms with van der Waals surface area (Å²) in [5, 5.41) is 8.76. The predicted molar refractivity (Wildman–Crippen MR) is 66.3 cm³/mol. The van der Waals surface area contributed by atoms with E-state index < -0.39 is 5.41 Å². The Morgan fingerprint density at radius 3 is 2.59 bits per heavy atom. The first-order chi connectivity index (χ1) is 8.15. The van der Waals surface area contributed by atoms with Crippen LogP contribution in [0.25, 0.3) is 0 Å². The van der Waals surface area contributed by atoms with E-state index in [4.69, 9.17) is 5.26 Å². The van der Waals surface area contributed by atoms with E-state index in [2.05, 4.69) is 6.07 Å². The highest BCUT2D eigenvalue weighted by Crippen LogP contribution is 2.32. The number of carbonyl (C=O) groups excluding carboxylic acids is 1. The van der Waals surface area contributed by atoms with Crippen molar-refractivity contribution in [1.29, 1.82) is 5.26 Å². The van der Waals surface area contributed by atoms with Gasteiger partial charge in [0.15, 0.2) is 5.78 Å². The van der Waals surface area contributed by atoms with Crippen molar-refractivity contribution in [3.05, 3.63) is 59.7 Å². The minimum Gasteiger partial charge on any atom is -0.293 e. The van der Waals surface area contributed by atoms with E-state index in [1.807, 2.05) is 49.4 Å². The van der Waals surface area contributed by atoms with Crippen molar-refractivity contribution in [1.82, 2.24) is 0 Å². The summed E-state index contributed by atoms with van der Waals surface area (Å²) in [6.45, 7) is 1.91. The van der Waals surface area contributed by atoms with Gasteiger partial charge in [-0.15, -0.1) is 0 Å². The lowest BCUT2D eigenvalue weighted by Gasteiger charge is -2.25. The van der Waals surface area contributed by atoms with Crippen molar-refractivity contribution in [3.8, 4) is 6.07 Å². The molecule has 0 bridgehead atoms. The van der Waals surface area contributed by atoms with Crippen molar-refractivity contribution >= 4 is 5.78 Å². The summed E-state index contributed by atoms with van der Waals surface area (Å²) >= 11 is 0. The highest BCUT2D eigenvalue weighted by Gasteiger charge is 2.31. The Morgan fingerprint density at radius 2 is 2.06 bits per heavy atom. The summed E-state index contributed by atoms with van der Waals surface area (Å²) in [7, 11) is 0. The molecule has 0 N–H and O–H groups in total. The van der Waals surface area contributed by atoms with Gasteiger partial charge in [-0.05, 0) is 19.4 Å². The fourth-order valence-electron chi connectivity index (χ4n) is 1.90. The maximum Gasteiger partial charge on any atom is 0.172 e. The minimum absolute atomic E-state index is 0.0996. The maximum absolute atomic E-state index is 12.4. The molecular formula is C15H13NO. The molecule has 2 nitrogen and oxygen atoms in total. The second-order valence-electron chi connectivity index (χ2n) is 4.42. The molecule has 0 fully saturated rings. The molecule has 0 radical (unpaired) electrons. The lowest BCUT2D eigenvalue weighted by Crippen LogP contribution is -2.26. The predicted octanol–water partition coefficient (Wildman–Crippen LogP) is 3.29. The fourth-order valence-corrected chi connectivity index (χ4v) is 1.90. The molecule has 84 valence electrons. The molecule has 0 spiro atoms. The third-order valence-electron chi connectivity index (χ3n) is 3.06. The quantitative estimate of drug-likeness (QED) is 0.722. The second-order valence-corrected chi connectivity index (χ2v) is 4.42. The highest BCUT2D eigenvalue weighted by molar-refractivity contribution is 6.01. The third kappa shape index (κ3) is 2.19. The number of hydrogen-bond donors (Lipinski definition) is 0. The zero-order chi connectivity index (χ0) is 12.3. The summed E-state index contributed by atoms with van der Waals surface area (Å²) in [6, 6.07) is 11.3. The third-order valence-corrected chi connectivity index (χ3v) is 3.06. The Hall–Kier alpha value is -2.14. The standard InChI is InChI=1S/C15H13NO/c1-15(9-7-12(11-16)8-10-15)14(17)13-5-3-2-4-6-13/h2-9H,10H2,1H3/t15-/m0/s1. The molecule has 2 rings (SSSR count). The number of nitriles is 1. The first-order valence-corrected chi connectivity index (χ1v) is 5.55. The van der Waals surface area contributed by atoms with Gasteiger partial charge >= 0.3 is 0 Å². The zero-order valence-corrected chi connectivity index (χ0v) is 9.68. The molecule has 0 aromatic heterocycles. The molecule has 1 aliphatic rings. The van der Waals surface area contributed by atoms with Crippen LogP contribution in [-0.2, 0) is 0 Å². The molecule has 1 atom stereocenters. The number of rotatable bonds is 2. The van der Waals surface area contributed by atoms with Gasteiger partial charge in [0.1, 0.15) is 0 Å². The average Bonchev–Trinajstić information content (AvgIpc) is 2.40. The monoisotopic (exact) mass is 223 g/mol. The Labute approximate surface area is 101 Å².